The fraction of sp³-hybridized carbons (Fsp3) is 0.294. The van der Waals surface area contributed by atoms with Crippen LogP contribution in [0.5, 0.6) is 0 Å². The zero-order valence-corrected chi connectivity index (χ0v) is 12.1. The van der Waals surface area contributed by atoms with Crippen LogP contribution in [0.15, 0.2) is 36.5 Å². The molecule has 4 rings (SSSR count). The molecule has 1 N–H and O–H groups in total. The fourth-order valence-electron chi connectivity index (χ4n) is 3.09. The minimum Gasteiger partial charge on any atom is -0.281 e. The summed E-state index contributed by atoms with van der Waals surface area (Å²) in [5.74, 6) is 0. The van der Waals surface area contributed by atoms with Gasteiger partial charge in [-0.25, -0.2) is 0 Å². The normalized spacial score (nSPS) is 13.0. The molecule has 0 unspecified atom stereocenters. The van der Waals surface area contributed by atoms with Crippen molar-refractivity contribution >= 4 is 0 Å². The standard InChI is InChI=1S/C17H18N4/c1-2-21-11-14-15(20-21)9-8-13-16(18-19-17(13)14)10-12-6-4-3-5-7-12/h3-7,11H,2,8-10H2,1H3,(H,18,19). The summed E-state index contributed by atoms with van der Waals surface area (Å²) in [6.45, 7) is 3.02. The number of aryl methyl sites for hydroxylation is 2. The van der Waals surface area contributed by atoms with E-state index in [2.05, 4.69) is 58.7 Å². The van der Waals surface area contributed by atoms with E-state index >= 15 is 0 Å². The third kappa shape index (κ3) is 2.07. The van der Waals surface area contributed by atoms with E-state index in [1.165, 1.54) is 28.1 Å². The summed E-state index contributed by atoms with van der Waals surface area (Å²) in [5.41, 5.74) is 7.41. The quantitative estimate of drug-likeness (QED) is 0.800. The Labute approximate surface area is 123 Å². The van der Waals surface area contributed by atoms with Crippen molar-refractivity contribution in [3.8, 4) is 11.3 Å². The molecule has 106 valence electrons. The number of nitrogens with one attached hydrogen (secondary N) is 1. The van der Waals surface area contributed by atoms with Crippen molar-refractivity contribution in [3.05, 3.63) is 59.0 Å². The van der Waals surface area contributed by atoms with E-state index in [1.807, 2.05) is 4.68 Å². The Morgan fingerprint density at radius 2 is 2.05 bits per heavy atom. The molecule has 1 aromatic carbocycles. The van der Waals surface area contributed by atoms with Crippen molar-refractivity contribution in [1.29, 1.82) is 0 Å². The van der Waals surface area contributed by atoms with Gasteiger partial charge in [-0.3, -0.25) is 9.78 Å². The summed E-state index contributed by atoms with van der Waals surface area (Å²) >= 11 is 0. The number of aromatic amines is 1. The number of H-pyrrole nitrogens is 1. The van der Waals surface area contributed by atoms with Crippen LogP contribution in [0.4, 0.5) is 0 Å². The highest BCUT2D eigenvalue weighted by molar-refractivity contribution is 5.68. The summed E-state index contributed by atoms with van der Waals surface area (Å²) in [5, 5.41) is 12.4. The van der Waals surface area contributed by atoms with Crippen molar-refractivity contribution < 1.29 is 0 Å². The van der Waals surface area contributed by atoms with Gasteiger partial charge in [-0.2, -0.15) is 10.2 Å². The molecule has 4 heteroatoms. The van der Waals surface area contributed by atoms with Gasteiger partial charge >= 0.3 is 0 Å². The number of nitrogens with zero attached hydrogens (tertiary/aromatic N) is 3. The summed E-state index contributed by atoms with van der Waals surface area (Å²) in [6, 6.07) is 10.5. The number of hydrogen-bond acceptors (Lipinski definition) is 2. The lowest BCUT2D eigenvalue weighted by Gasteiger charge is -2.10. The van der Waals surface area contributed by atoms with Crippen LogP contribution in [-0.4, -0.2) is 20.0 Å². The van der Waals surface area contributed by atoms with Gasteiger partial charge in [0.05, 0.1) is 11.4 Å². The van der Waals surface area contributed by atoms with E-state index in [0.717, 1.165) is 31.5 Å². The van der Waals surface area contributed by atoms with Gasteiger partial charge in [0.2, 0.25) is 0 Å². The van der Waals surface area contributed by atoms with Crippen molar-refractivity contribution in [3.63, 3.8) is 0 Å². The predicted molar refractivity (Wildman–Crippen MR) is 82.1 cm³/mol. The van der Waals surface area contributed by atoms with Gasteiger partial charge in [-0.1, -0.05) is 30.3 Å². The minimum absolute atomic E-state index is 0.906. The molecule has 0 saturated carbocycles. The lowest BCUT2D eigenvalue weighted by atomic mass is 9.92. The lowest BCUT2D eigenvalue weighted by molar-refractivity contribution is 0.645. The molecule has 0 bridgehead atoms. The third-order valence-electron chi connectivity index (χ3n) is 4.21. The smallest absolute Gasteiger partial charge is 0.0990 e. The van der Waals surface area contributed by atoms with Crippen LogP contribution in [0.3, 0.4) is 0 Å². The molecule has 0 spiro atoms. The first-order chi connectivity index (χ1) is 10.3. The van der Waals surface area contributed by atoms with Gasteiger partial charge in [0.15, 0.2) is 0 Å². The van der Waals surface area contributed by atoms with Crippen molar-refractivity contribution in [2.24, 2.45) is 0 Å². The third-order valence-corrected chi connectivity index (χ3v) is 4.21. The molecule has 1 aliphatic rings. The van der Waals surface area contributed by atoms with Crippen LogP contribution in [-0.2, 0) is 25.8 Å². The second-order valence-electron chi connectivity index (χ2n) is 5.54. The van der Waals surface area contributed by atoms with Gasteiger partial charge in [0.25, 0.3) is 0 Å². The molecule has 0 aliphatic heterocycles. The summed E-state index contributed by atoms with van der Waals surface area (Å²) in [6.07, 6.45) is 5.08. The molecule has 0 atom stereocenters. The monoisotopic (exact) mass is 278 g/mol. The van der Waals surface area contributed by atoms with E-state index < -0.39 is 0 Å². The summed E-state index contributed by atoms with van der Waals surface area (Å²) in [7, 11) is 0. The maximum absolute atomic E-state index is 4.62. The average Bonchev–Trinajstić information content (AvgIpc) is 3.11. The van der Waals surface area contributed by atoms with Crippen LogP contribution >= 0.6 is 0 Å². The number of rotatable bonds is 3. The lowest BCUT2D eigenvalue weighted by Crippen LogP contribution is -2.04. The van der Waals surface area contributed by atoms with Crippen molar-refractivity contribution in [1.82, 2.24) is 20.0 Å². The molecule has 0 amide bonds. The van der Waals surface area contributed by atoms with Crippen LogP contribution in [0.2, 0.25) is 0 Å². The highest BCUT2D eigenvalue weighted by Crippen LogP contribution is 2.33. The number of fused-ring (bicyclic) bond motifs is 3. The average molecular weight is 278 g/mol. The topological polar surface area (TPSA) is 46.5 Å². The molecule has 3 aromatic rings. The molecule has 21 heavy (non-hydrogen) atoms. The predicted octanol–water partition coefficient (Wildman–Crippen LogP) is 2.98. The Balaban J connectivity index is 1.72. The molecule has 4 nitrogen and oxygen atoms in total. The molecular weight excluding hydrogens is 260 g/mol. The van der Waals surface area contributed by atoms with Gasteiger partial charge in [-0.15, -0.1) is 0 Å². The molecule has 1 aliphatic carbocycles. The van der Waals surface area contributed by atoms with Crippen LogP contribution < -0.4 is 0 Å². The fourth-order valence-corrected chi connectivity index (χ4v) is 3.09. The molecule has 0 radical (unpaired) electrons. The minimum atomic E-state index is 0.906. The number of hydrogen-bond donors (Lipinski definition) is 1. The first-order valence-electron chi connectivity index (χ1n) is 7.52. The maximum atomic E-state index is 4.62. The van der Waals surface area contributed by atoms with E-state index in [9.17, 15) is 0 Å². The van der Waals surface area contributed by atoms with Gasteiger partial charge in [-0.05, 0) is 25.3 Å². The number of aromatic nitrogens is 4. The van der Waals surface area contributed by atoms with Crippen LogP contribution in [0.25, 0.3) is 11.3 Å². The number of benzene rings is 1. The summed E-state index contributed by atoms with van der Waals surface area (Å²) < 4.78 is 2.01. The molecule has 2 aromatic heterocycles. The van der Waals surface area contributed by atoms with E-state index in [4.69, 9.17) is 0 Å². The Hall–Kier alpha value is -2.36. The van der Waals surface area contributed by atoms with Gasteiger partial charge < -0.3 is 0 Å². The maximum Gasteiger partial charge on any atom is 0.0990 e. The molecule has 0 saturated heterocycles. The Bertz CT molecular complexity index is 767. The Morgan fingerprint density at radius 3 is 2.86 bits per heavy atom. The van der Waals surface area contributed by atoms with Crippen molar-refractivity contribution in [2.45, 2.75) is 32.7 Å². The zero-order valence-electron chi connectivity index (χ0n) is 12.1. The van der Waals surface area contributed by atoms with E-state index in [0.29, 0.717) is 0 Å². The molecular formula is C17H18N4. The highest BCUT2D eigenvalue weighted by atomic mass is 15.3. The van der Waals surface area contributed by atoms with Crippen LogP contribution in [0.1, 0.15) is 29.4 Å². The largest absolute Gasteiger partial charge is 0.281 e. The first-order valence-corrected chi connectivity index (χ1v) is 7.52. The van der Waals surface area contributed by atoms with Gasteiger partial charge in [0.1, 0.15) is 0 Å². The van der Waals surface area contributed by atoms with Crippen LogP contribution in [0, 0.1) is 0 Å². The second kappa shape index (κ2) is 4.88. The SMILES string of the molecule is CCn1cc2c(n1)CCc1c-2n[nH]c1Cc1ccccc1. The van der Waals surface area contributed by atoms with E-state index in [1.54, 1.807) is 0 Å². The second-order valence-corrected chi connectivity index (χ2v) is 5.54. The van der Waals surface area contributed by atoms with E-state index in [-0.39, 0.29) is 0 Å². The highest BCUT2D eigenvalue weighted by Gasteiger charge is 2.24. The molecule has 0 fully saturated rings. The zero-order chi connectivity index (χ0) is 14.2. The Kier molecular flexibility index (Phi) is 2.88. The summed E-state index contributed by atoms with van der Waals surface area (Å²) in [4.78, 5) is 0. The van der Waals surface area contributed by atoms with Gasteiger partial charge in [0, 0.05) is 36.0 Å². The first kappa shape index (κ1) is 12.4. The Morgan fingerprint density at radius 1 is 1.19 bits per heavy atom. The molecule has 2 heterocycles. The van der Waals surface area contributed by atoms with Crippen molar-refractivity contribution in [2.75, 3.05) is 0 Å².